The molecule has 0 spiro atoms. The van der Waals surface area contributed by atoms with E-state index >= 15 is 0 Å². The van der Waals surface area contributed by atoms with Gasteiger partial charge in [0, 0.05) is 12.8 Å². The minimum absolute atomic E-state index is 0.0837. The molecule has 5 heteroatoms. The summed E-state index contributed by atoms with van der Waals surface area (Å²) in [7, 11) is 0. The number of aliphatic hydroxyl groups excluding tert-OH is 1. The highest BCUT2D eigenvalue weighted by molar-refractivity contribution is 5.70. The Hall–Kier alpha value is -2.40. The molecule has 0 aliphatic carbocycles. The third-order valence-corrected chi connectivity index (χ3v) is 9.78. The van der Waals surface area contributed by atoms with Crippen molar-refractivity contribution in [3.8, 4) is 0 Å². The average molecular weight is 755 g/mol. The number of rotatable bonds is 41. The van der Waals surface area contributed by atoms with Crippen LogP contribution in [0.5, 0.6) is 0 Å². The summed E-state index contributed by atoms with van der Waals surface area (Å²) in [6.07, 6.45) is 58.6. The predicted molar refractivity (Wildman–Crippen MR) is 233 cm³/mol. The first-order valence-electron chi connectivity index (χ1n) is 22.8. The number of allylic oxidation sites excluding steroid dienone is 10. The minimum atomic E-state index is -0.787. The van der Waals surface area contributed by atoms with Crippen LogP contribution in [0.4, 0.5) is 0 Å². The number of carbonyl (C=O) groups excluding carboxylic acids is 2. The molecule has 1 atom stereocenters. The van der Waals surface area contributed by atoms with Crippen molar-refractivity contribution < 1.29 is 24.2 Å². The van der Waals surface area contributed by atoms with E-state index in [1.165, 1.54) is 128 Å². The summed E-state index contributed by atoms with van der Waals surface area (Å²) < 4.78 is 10.6. The smallest absolute Gasteiger partial charge is 0.306 e. The van der Waals surface area contributed by atoms with Gasteiger partial charge in [-0.05, 0) is 83.5 Å². The van der Waals surface area contributed by atoms with Crippen LogP contribution in [0.1, 0.15) is 219 Å². The second-order valence-electron chi connectivity index (χ2n) is 15.1. The number of esters is 2. The Morgan fingerprint density at radius 3 is 1.19 bits per heavy atom. The Bertz CT molecular complexity index is 946. The molecule has 0 amide bonds. The zero-order valence-corrected chi connectivity index (χ0v) is 35.5. The maximum atomic E-state index is 12.2. The average Bonchev–Trinajstić information content (AvgIpc) is 3.17. The molecule has 0 saturated carbocycles. The molecule has 0 fully saturated rings. The molecule has 312 valence electrons. The lowest BCUT2D eigenvalue weighted by Gasteiger charge is -2.15. The molecular formula is C49H86O5. The van der Waals surface area contributed by atoms with Crippen molar-refractivity contribution in [1.82, 2.24) is 0 Å². The van der Waals surface area contributed by atoms with Crippen molar-refractivity contribution in [2.45, 2.75) is 225 Å². The summed E-state index contributed by atoms with van der Waals surface area (Å²) in [5.74, 6) is -0.626. The lowest BCUT2D eigenvalue weighted by molar-refractivity contribution is -0.161. The van der Waals surface area contributed by atoms with Gasteiger partial charge in [0.2, 0.25) is 0 Å². The molecule has 5 nitrogen and oxygen atoms in total. The molecule has 0 saturated heterocycles. The number of carbonyl (C=O) groups is 2. The molecule has 54 heavy (non-hydrogen) atoms. The number of ether oxygens (including phenoxy) is 2. The highest BCUT2D eigenvalue weighted by Gasteiger charge is 2.16. The fourth-order valence-electron chi connectivity index (χ4n) is 6.30. The Labute approximate surface area is 334 Å². The Kier molecular flexibility index (Phi) is 43.0. The molecule has 0 radical (unpaired) electrons. The zero-order chi connectivity index (χ0) is 39.3. The van der Waals surface area contributed by atoms with Crippen LogP contribution >= 0.6 is 0 Å². The Balaban J connectivity index is 3.58. The fourth-order valence-corrected chi connectivity index (χ4v) is 6.30. The van der Waals surface area contributed by atoms with Gasteiger partial charge in [0.15, 0.2) is 6.10 Å². The van der Waals surface area contributed by atoms with Gasteiger partial charge in [-0.25, -0.2) is 0 Å². The van der Waals surface area contributed by atoms with Crippen LogP contribution in [0.3, 0.4) is 0 Å². The molecule has 1 N–H and O–H groups in total. The third kappa shape index (κ3) is 42.3. The standard InChI is InChI=1S/C49H86O5/c1-3-5-7-9-11-13-15-17-19-21-23-24-26-28-30-32-34-36-38-40-42-44-49(52)54-47(45-50)46-53-48(51)43-41-39-37-35-33-31-29-27-25-22-20-18-16-14-12-10-8-6-4-2/h12,14,17-20,25,27,31,33,47,50H,3-11,13,15-16,21-24,26,28-30,32,34-46H2,1-2H3/t47-/m0/s1. The summed E-state index contributed by atoms with van der Waals surface area (Å²) in [5, 5.41) is 9.59. The molecular weight excluding hydrogens is 669 g/mol. The third-order valence-electron chi connectivity index (χ3n) is 9.78. The van der Waals surface area contributed by atoms with E-state index in [-0.39, 0.29) is 25.2 Å². The van der Waals surface area contributed by atoms with Crippen LogP contribution < -0.4 is 0 Å². The molecule has 0 unspecified atom stereocenters. The molecule has 0 aromatic heterocycles. The first kappa shape index (κ1) is 51.6. The van der Waals surface area contributed by atoms with E-state index in [9.17, 15) is 14.7 Å². The van der Waals surface area contributed by atoms with Crippen molar-refractivity contribution in [2.24, 2.45) is 0 Å². The molecule has 0 aliphatic rings. The van der Waals surface area contributed by atoms with E-state index in [0.29, 0.717) is 12.8 Å². The fraction of sp³-hybridized carbons (Fsp3) is 0.755. The largest absolute Gasteiger partial charge is 0.462 e. The molecule has 0 bridgehead atoms. The van der Waals surface area contributed by atoms with Crippen LogP contribution in [0.25, 0.3) is 0 Å². The summed E-state index contributed by atoms with van der Waals surface area (Å²) in [5.41, 5.74) is 0. The highest BCUT2D eigenvalue weighted by atomic mass is 16.6. The van der Waals surface area contributed by atoms with Gasteiger partial charge >= 0.3 is 11.9 Å². The van der Waals surface area contributed by atoms with Gasteiger partial charge in [0.1, 0.15) is 6.61 Å². The topological polar surface area (TPSA) is 72.8 Å². The number of hydrogen-bond donors (Lipinski definition) is 1. The molecule has 0 aromatic carbocycles. The van der Waals surface area contributed by atoms with Crippen molar-refractivity contribution in [3.05, 3.63) is 60.8 Å². The van der Waals surface area contributed by atoms with E-state index < -0.39 is 6.10 Å². The quantitative estimate of drug-likeness (QED) is 0.0382. The van der Waals surface area contributed by atoms with Crippen molar-refractivity contribution in [3.63, 3.8) is 0 Å². The summed E-state index contributed by atoms with van der Waals surface area (Å²) >= 11 is 0. The van der Waals surface area contributed by atoms with Crippen LogP contribution in [0.2, 0.25) is 0 Å². The van der Waals surface area contributed by atoms with Crippen LogP contribution in [-0.4, -0.2) is 36.4 Å². The van der Waals surface area contributed by atoms with E-state index in [2.05, 4.69) is 74.6 Å². The van der Waals surface area contributed by atoms with Crippen LogP contribution in [0.15, 0.2) is 60.8 Å². The van der Waals surface area contributed by atoms with Crippen molar-refractivity contribution in [1.29, 1.82) is 0 Å². The number of aliphatic hydroxyl groups is 1. The molecule has 0 aliphatic heterocycles. The molecule has 0 aromatic rings. The summed E-state index contributed by atoms with van der Waals surface area (Å²) in [6.45, 7) is 4.09. The van der Waals surface area contributed by atoms with Crippen molar-refractivity contribution in [2.75, 3.05) is 13.2 Å². The van der Waals surface area contributed by atoms with Gasteiger partial charge in [0.25, 0.3) is 0 Å². The maximum Gasteiger partial charge on any atom is 0.306 e. The number of unbranched alkanes of at least 4 members (excludes halogenated alkanes) is 23. The van der Waals surface area contributed by atoms with E-state index in [1.807, 2.05) is 0 Å². The monoisotopic (exact) mass is 755 g/mol. The highest BCUT2D eigenvalue weighted by Crippen LogP contribution is 2.14. The van der Waals surface area contributed by atoms with Gasteiger partial charge in [-0.3, -0.25) is 9.59 Å². The Morgan fingerprint density at radius 1 is 0.426 bits per heavy atom. The van der Waals surface area contributed by atoms with E-state index in [0.717, 1.165) is 64.2 Å². The van der Waals surface area contributed by atoms with Gasteiger partial charge in [-0.15, -0.1) is 0 Å². The van der Waals surface area contributed by atoms with Gasteiger partial charge < -0.3 is 14.6 Å². The zero-order valence-electron chi connectivity index (χ0n) is 35.5. The maximum absolute atomic E-state index is 12.2. The second-order valence-corrected chi connectivity index (χ2v) is 15.1. The summed E-state index contributed by atoms with van der Waals surface area (Å²) in [4.78, 5) is 24.4. The van der Waals surface area contributed by atoms with E-state index in [4.69, 9.17) is 9.47 Å². The molecule has 0 heterocycles. The minimum Gasteiger partial charge on any atom is -0.462 e. The van der Waals surface area contributed by atoms with Crippen LogP contribution in [-0.2, 0) is 19.1 Å². The summed E-state index contributed by atoms with van der Waals surface area (Å²) in [6, 6.07) is 0. The lowest BCUT2D eigenvalue weighted by atomic mass is 10.0. The first-order valence-corrected chi connectivity index (χ1v) is 22.8. The van der Waals surface area contributed by atoms with E-state index in [1.54, 1.807) is 0 Å². The predicted octanol–water partition coefficient (Wildman–Crippen LogP) is 14.7. The van der Waals surface area contributed by atoms with Gasteiger partial charge in [-0.1, -0.05) is 184 Å². The normalized spacial score (nSPS) is 12.7. The van der Waals surface area contributed by atoms with Crippen molar-refractivity contribution >= 4 is 11.9 Å². The van der Waals surface area contributed by atoms with Crippen LogP contribution in [0, 0.1) is 0 Å². The first-order chi connectivity index (χ1) is 26.6. The lowest BCUT2D eigenvalue weighted by Crippen LogP contribution is -2.28. The number of hydrogen-bond acceptors (Lipinski definition) is 5. The Morgan fingerprint density at radius 2 is 0.741 bits per heavy atom. The van der Waals surface area contributed by atoms with Gasteiger partial charge in [-0.2, -0.15) is 0 Å². The second kappa shape index (κ2) is 45.0. The SMILES string of the molecule is CCCCCC=CCC=CCC=CCC=CCCCCCC(=O)OC[C@H](CO)OC(=O)CCCCCCCCCCCCCC=CCCCCCCCC. The van der Waals surface area contributed by atoms with Gasteiger partial charge in [0.05, 0.1) is 6.61 Å². The molecule has 0 rings (SSSR count).